The SMILES string of the molecule is CCOC(=O)c1ccc(NC(=O)[C@H](C)N(c2ccc(OCC)cc2)S(C)(=O)=O)c(Cl)c1. The van der Waals surface area contributed by atoms with Gasteiger partial charge in [0.2, 0.25) is 15.9 Å². The van der Waals surface area contributed by atoms with Crippen LogP contribution in [0.1, 0.15) is 31.1 Å². The highest BCUT2D eigenvalue weighted by Crippen LogP contribution is 2.27. The van der Waals surface area contributed by atoms with E-state index < -0.39 is 27.9 Å². The van der Waals surface area contributed by atoms with Crippen molar-refractivity contribution in [2.75, 3.05) is 29.1 Å². The van der Waals surface area contributed by atoms with Crippen LogP contribution in [-0.2, 0) is 19.6 Å². The smallest absolute Gasteiger partial charge is 0.338 e. The summed E-state index contributed by atoms with van der Waals surface area (Å²) in [5, 5.41) is 2.73. The third-order valence-electron chi connectivity index (χ3n) is 4.23. The van der Waals surface area contributed by atoms with Gasteiger partial charge in [-0.3, -0.25) is 9.10 Å². The molecule has 8 nitrogen and oxygen atoms in total. The lowest BCUT2D eigenvalue weighted by Gasteiger charge is -2.28. The van der Waals surface area contributed by atoms with Gasteiger partial charge in [-0.15, -0.1) is 0 Å². The summed E-state index contributed by atoms with van der Waals surface area (Å²) in [7, 11) is -3.78. The first kappa shape index (κ1) is 24.5. The Kier molecular flexibility index (Phi) is 8.29. The molecule has 0 aromatic heterocycles. The first-order valence-electron chi connectivity index (χ1n) is 9.58. The average Bonchev–Trinajstić information content (AvgIpc) is 2.70. The lowest BCUT2D eigenvalue weighted by molar-refractivity contribution is -0.116. The van der Waals surface area contributed by atoms with Crippen LogP contribution in [0.4, 0.5) is 11.4 Å². The van der Waals surface area contributed by atoms with Crippen LogP contribution in [0, 0.1) is 0 Å². The maximum atomic E-state index is 12.8. The van der Waals surface area contributed by atoms with E-state index in [4.69, 9.17) is 21.1 Å². The van der Waals surface area contributed by atoms with Crippen molar-refractivity contribution in [3.63, 3.8) is 0 Å². The fraction of sp³-hybridized carbons (Fsp3) is 0.333. The number of nitrogens with zero attached hydrogens (tertiary/aromatic N) is 1. The van der Waals surface area contributed by atoms with Crippen LogP contribution in [0.25, 0.3) is 0 Å². The molecule has 10 heteroatoms. The van der Waals surface area contributed by atoms with Crippen LogP contribution < -0.4 is 14.4 Å². The van der Waals surface area contributed by atoms with E-state index in [1.54, 1.807) is 31.2 Å². The van der Waals surface area contributed by atoms with Gasteiger partial charge in [0.05, 0.1) is 41.4 Å². The molecule has 0 saturated heterocycles. The zero-order valence-corrected chi connectivity index (χ0v) is 19.3. The summed E-state index contributed by atoms with van der Waals surface area (Å²) in [6.07, 6.45) is 1.02. The maximum Gasteiger partial charge on any atom is 0.338 e. The molecule has 1 amide bonds. The Morgan fingerprint density at radius 2 is 1.74 bits per heavy atom. The molecule has 0 aliphatic heterocycles. The van der Waals surface area contributed by atoms with Gasteiger partial charge in [0.15, 0.2) is 0 Å². The standard InChI is InChI=1S/C21H25ClN2O6S/c1-5-29-17-10-8-16(9-11-17)24(31(4,27)28)14(3)20(25)23-19-12-7-15(13-18(19)22)21(26)30-6-2/h7-14H,5-6H2,1-4H3,(H,23,25)/t14-/m0/s1. The topological polar surface area (TPSA) is 102 Å². The highest BCUT2D eigenvalue weighted by molar-refractivity contribution is 7.92. The number of esters is 1. The van der Waals surface area contributed by atoms with E-state index in [1.165, 1.54) is 25.1 Å². The third kappa shape index (κ3) is 6.35. The van der Waals surface area contributed by atoms with Crippen LogP contribution in [0.15, 0.2) is 42.5 Å². The van der Waals surface area contributed by atoms with Gasteiger partial charge in [-0.1, -0.05) is 11.6 Å². The summed E-state index contributed by atoms with van der Waals surface area (Å²) in [6.45, 7) is 5.69. The van der Waals surface area contributed by atoms with E-state index in [1.807, 2.05) is 6.92 Å². The summed E-state index contributed by atoms with van der Waals surface area (Å²) in [6, 6.07) is 9.62. The van der Waals surface area contributed by atoms with Crippen LogP contribution >= 0.6 is 11.6 Å². The second-order valence-electron chi connectivity index (χ2n) is 6.57. The number of hydrogen-bond donors (Lipinski definition) is 1. The van der Waals surface area contributed by atoms with Crippen LogP contribution in [0.2, 0.25) is 5.02 Å². The van der Waals surface area contributed by atoms with E-state index in [0.717, 1.165) is 10.6 Å². The van der Waals surface area contributed by atoms with E-state index in [2.05, 4.69) is 5.32 Å². The number of nitrogens with one attached hydrogen (secondary N) is 1. The number of hydrogen-bond acceptors (Lipinski definition) is 6. The first-order valence-corrected chi connectivity index (χ1v) is 11.8. The van der Waals surface area contributed by atoms with Gasteiger partial charge < -0.3 is 14.8 Å². The van der Waals surface area contributed by atoms with Gasteiger partial charge in [0.1, 0.15) is 11.8 Å². The molecule has 31 heavy (non-hydrogen) atoms. The molecule has 0 radical (unpaired) electrons. The third-order valence-corrected chi connectivity index (χ3v) is 5.78. The van der Waals surface area contributed by atoms with Crippen molar-refractivity contribution in [1.29, 1.82) is 0 Å². The second kappa shape index (κ2) is 10.5. The molecule has 0 unspecified atom stereocenters. The molecule has 2 rings (SSSR count). The Balaban J connectivity index is 2.25. The summed E-state index contributed by atoms with van der Waals surface area (Å²) in [4.78, 5) is 24.6. The minimum Gasteiger partial charge on any atom is -0.494 e. The zero-order valence-electron chi connectivity index (χ0n) is 17.7. The Labute approximate surface area is 187 Å². The molecule has 2 aromatic rings. The molecule has 1 N–H and O–H groups in total. The minimum absolute atomic E-state index is 0.123. The van der Waals surface area contributed by atoms with Crippen molar-refractivity contribution in [3.05, 3.63) is 53.1 Å². The van der Waals surface area contributed by atoms with E-state index in [-0.39, 0.29) is 22.9 Å². The van der Waals surface area contributed by atoms with Crippen molar-refractivity contribution >= 4 is 44.9 Å². The number of benzene rings is 2. The number of sulfonamides is 1. The summed E-state index contributed by atoms with van der Waals surface area (Å²) in [5.41, 5.74) is 0.800. The highest BCUT2D eigenvalue weighted by atomic mass is 35.5. The van der Waals surface area contributed by atoms with Gasteiger partial charge in [-0.2, -0.15) is 0 Å². The predicted molar refractivity (Wildman–Crippen MR) is 120 cm³/mol. The number of rotatable bonds is 9. The average molecular weight is 469 g/mol. The molecule has 0 aliphatic carbocycles. The molecule has 168 valence electrons. The predicted octanol–water partition coefficient (Wildman–Crippen LogP) is 3.71. The summed E-state index contributed by atoms with van der Waals surface area (Å²) in [5.74, 6) is -0.537. The van der Waals surface area contributed by atoms with Gasteiger partial charge in [-0.25, -0.2) is 13.2 Å². The normalized spacial score (nSPS) is 12.0. The van der Waals surface area contributed by atoms with Gasteiger partial charge in [-0.05, 0) is 63.2 Å². The Hall–Kier alpha value is -2.78. The lowest BCUT2D eigenvalue weighted by atomic mass is 10.2. The lowest BCUT2D eigenvalue weighted by Crippen LogP contribution is -2.45. The molecule has 0 spiro atoms. The minimum atomic E-state index is -3.78. The Morgan fingerprint density at radius 3 is 2.26 bits per heavy atom. The van der Waals surface area contributed by atoms with Crippen LogP contribution in [-0.4, -0.2) is 45.8 Å². The quantitative estimate of drug-likeness (QED) is 0.563. The molecular weight excluding hydrogens is 444 g/mol. The first-order chi connectivity index (χ1) is 14.6. The van der Waals surface area contributed by atoms with Crippen molar-refractivity contribution < 1.29 is 27.5 Å². The second-order valence-corrected chi connectivity index (χ2v) is 8.83. The molecule has 0 saturated carbocycles. The molecular formula is C21H25ClN2O6S. The molecule has 0 fully saturated rings. The highest BCUT2D eigenvalue weighted by Gasteiger charge is 2.29. The van der Waals surface area contributed by atoms with E-state index >= 15 is 0 Å². The number of carbonyl (C=O) groups excluding carboxylic acids is 2. The van der Waals surface area contributed by atoms with Crippen LogP contribution in [0.3, 0.4) is 0 Å². The molecule has 0 bridgehead atoms. The van der Waals surface area contributed by atoms with Gasteiger partial charge in [0.25, 0.3) is 0 Å². The summed E-state index contributed by atoms with van der Waals surface area (Å²) < 4.78 is 36.2. The molecule has 2 aromatic carbocycles. The number of halogens is 1. The molecule has 0 heterocycles. The van der Waals surface area contributed by atoms with Gasteiger partial charge >= 0.3 is 5.97 Å². The van der Waals surface area contributed by atoms with Gasteiger partial charge in [0, 0.05) is 0 Å². The number of carbonyl (C=O) groups is 2. The Morgan fingerprint density at radius 1 is 1.10 bits per heavy atom. The maximum absolute atomic E-state index is 12.8. The molecule has 1 atom stereocenters. The zero-order chi connectivity index (χ0) is 23.2. The number of ether oxygens (including phenoxy) is 2. The van der Waals surface area contributed by atoms with Crippen molar-refractivity contribution in [1.82, 2.24) is 0 Å². The fourth-order valence-corrected chi connectivity index (χ4v) is 4.26. The van der Waals surface area contributed by atoms with Crippen molar-refractivity contribution in [3.8, 4) is 5.75 Å². The number of anilines is 2. The summed E-state index contributed by atoms with van der Waals surface area (Å²) >= 11 is 6.19. The number of amides is 1. The van der Waals surface area contributed by atoms with Crippen molar-refractivity contribution in [2.45, 2.75) is 26.8 Å². The Bertz CT molecular complexity index is 1040. The monoisotopic (exact) mass is 468 g/mol. The molecule has 0 aliphatic rings. The fourth-order valence-electron chi connectivity index (χ4n) is 2.86. The largest absolute Gasteiger partial charge is 0.494 e. The van der Waals surface area contributed by atoms with E-state index in [0.29, 0.717) is 18.0 Å². The van der Waals surface area contributed by atoms with Crippen LogP contribution in [0.5, 0.6) is 5.75 Å². The van der Waals surface area contributed by atoms with Crippen molar-refractivity contribution in [2.24, 2.45) is 0 Å². The van der Waals surface area contributed by atoms with E-state index in [9.17, 15) is 18.0 Å².